The van der Waals surface area contributed by atoms with Gasteiger partial charge >= 0.3 is 6.18 Å². The maximum absolute atomic E-state index is 12.9. The lowest BCUT2D eigenvalue weighted by atomic mass is 10.1. The van der Waals surface area contributed by atoms with Gasteiger partial charge in [0, 0.05) is 44.1 Å². The van der Waals surface area contributed by atoms with E-state index in [2.05, 4.69) is 25.0 Å². The summed E-state index contributed by atoms with van der Waals surface area (Å²) in [5.41, 5.74) is 0.838. The van der Waals surface area contributed by atoms with Gasteiger partial charge in [-0.25, -0.2) is 4.98 Å². The molecule has 2 aliphatic heterocycles. The van der Waals surface area contributed by atoms with E-state index in [1.807, 2.05) is 10.6 Å². The van der Waals surface area contributed by atoms with E-state index in [4.69, 9.17) is 0 Å². The van der Waals surface area contributed by atoms with Crippen LogP contribution in [-0.2, 0) is 12.7 Å². The van der Waals surface area contributed by atoms with Gasteiger partial charge in [0.05, 0.1) is 5.56 Å². The molecule has 140 valence electrons. The Hall–Kier alpha value is -2.68. The Labute approximate surface area is 153 Å². The van der Waals surface area contributed by atoms with Crippen LogP contribution in [0.3, 0.4) is 0 Å². The third-order valence-electron chi connectivity index (χ3n) is 5.46. The molecule has 0 amide bonds. The van der Waals surface area contributed by atoms with Crippen LogP contribution in [0.2, 0.25) is 0 Å². The van der Waals surface area contributed by atoms with Gasteiger partial charge in [-0.1, -0.05) is 18.2 Å². The van der Waals surface area contributed by atoms with Crippen LogP contribution in [-0.4, -0.2) is 49.7 Å². The van der Waals surface area contributed by atoms with Crippen molar-refractivity contribution in [2.75, 3.05) is 18.0 Å². The van der Waals surface area contributed by atoms with E-state index < -0.39 is 11.7 Å². The molecule has 2 bridgehead atoms. The van der Waals surface area contributed by atoms with E-state index in [1.54, 1.807) is 18.6 Å². The molecule has 27 heavy (non-hydrogen) atoms. The first-order chi connectivity index (χ1) is 13.0. The summed E-state index contributed by atoms with van der Waals surface area (Å²) in [6, 6.07) is 6.20. The summed E-state index contributed by atoms with van der Waals surface area (Å²) in [7, 11) is 0. The fourth-order valence-electron chi connectivity index (χ4n) is 4.23. The summed E-state index contributed by atoms with van der Waals surface area (Å²) in [4.78, 5) is 9.00. The number of hydrogen-bond donors (Lipinski definition) is 0. The minimum absolute atomic E-state index is 0.288. The molecule has 0 aliphatic carbocycles. The molecule has 2 aliphatic rings. The lowest BCUT2D eigenvalue weighted by Crippen LogP contribution is -2.46. The minimum Gasteiger partial charge on any atom is -0.348 e. The molecule has 3 aromatic rings. The molecule has 1 aromatic carbocycles. The van der Waals surface area contributed by atoms with Gasteiger partial charge in [-0.15, -0.1) is 10.2 Å². The highest BCUT2D eigenvalue weighted by molar-refractivity contribution is 5.64. The molecule has 2 fully saturated rings. The second-order valence-corrected chi connectivity index (χ2v) is 7.14. The molecule has 0 radical (unpaired) electrons. The smallest absolute Gasteiger partial charge is 0.348 e. The van der Waals surface area contributed by atoms with Gasteiger partial charge in [-0.3, -0.25) is 9.30 Å². The number of anilines is 1. The molecule has 2 atom stereocenters. The minimum atomic E-state index is -4.31. The van der Waals surface area contributed by atoms with E-state index in [0.29, 0.717) is 18.2 Å². The van der Waals surface area contributed by atoms with E-state index >= 15 is 0 Å². The highest BCUT2D eigenvalue weighted by Gasteiger charge is 2.44. The molecular weight excluding hydrogens is 357 g/mol. The van der Waals surface area contributed by atoms with Gasteiger partial charge < -0.3 is 4.90 Å². The van der Waals surface area contributed by atoms with Crippen LogP contribution in [0.4, 0.5) is 19.0 Å². The number of rotatable bonds is 3. The number of nitrogens with zero attached hydrogens (tertiary/aromatic N) is 6. The van der Waals surface area contributed by atoms with E-state index in [9.17, 15) is 13.2 Å². The number of likely N-dealkylation sites (tertiary alicyclic amines) is 1. The van der Waals surface area contributed by atoms with Crippen LogP contribution < -0.4 is 4.90 Å². The zero-order valence-corrected chi connectivity index (χ0v) is 14.3. The third kappa shape index (κ3) is 2.82. The van der Waals surface area contributed by atoms with Gasteiger partial charge in [0.1, 0.15) is 6.33 Å². The number of piperazine rings is 1. The zero-order valence-electron chi connectivity index (χ0n) is 14.3. The van der Waals surface area contributed by atoms with Crippen molar-refractivity contribution in [1.29, 1.82) is 0 Å². The average molecular weight is 374 g/mol. The van der Waals surface area contributed by atoms with Gasteiger partial charge in [0.25, 0.3) is 0 Å². The van der Waals surface area contributed by atoms with Crippen LogP contribution >= 0.6 is 0 Å². The van der Waals surface area contributed by atoms with Crippen molar-refractivity contribution in [1.82, 2.24) is 24.5 Å². The highest BCUT2D eigenvalue weighted by atomic mass is 19.4. The van der Waals surface area contributed by atoms with E-state index in [0.717, 1.165) is 37.0 Å². The topological polar surface area (TPSA) is 49.6 Å². The Morgan fingerprint density at radius 1 is 1.15 bits per heavy atom. The van der Waals surface area contributed by atoms with Crippen molar-refractivity contribution in [3.05, 3.63) is 54.1 Å². The molecule has 9 heteroatoms. The molecule has 2 saturated heterocycles. The Kier molecular flexibility index (Phi) is 3.61. The van der Waals surface area contributed by atoms with Crippen LogP contribution in [0.25, 0.3) is 5.65 Å². The van der Waals surface area contributed by atoms with Gasteiger partial charge in [-0.05, 0) is 18.1 Å². The van der Waals surface area contributed by atoms with E-state index in [1.165, 1.54) is 12.1 Å². The molecule has 2 unspecified atom stereocenters. The number of halogens is 3. The number of alkyl halides is 3. The second-order valence-electron chi connectivity index (χ2n) is 7.14. The molecule has 2 aromatic heterocycles. The molecule has 0 N–H and O–H groups in total. The lowest BCUT2D eigenvalue weighted by molar-refractivity contribution is -0.137. The second kappa shape index (κ2) is 5.91. The van der Waals surface area contributed by atoms with Crippen molar-refractivity contribution in [2.45, 2.75) is 31.2 Å². The monoisotopic (exact) mass is 374 g/mol. The van der Waals surface area contributed by atoms with Crippen LogP contribution in [0.5, 0.6) is 0 Å². The average Bonchev–Trinajstić information content (AvgIpc) is 3.36. The summed E-state index contributed by atoms with van der Waals surface area (Å²) >= 11 is 0. The summed E-state index contributed by atoms with van der Waals surface area (Å²) in [5.74, 6) is 0.821. The normalized spacial score (nSPS) is 22.9. The maximum atomic E-state index is 12.9. The SMILES string of the molecule is FC(F)(F)c1cccc(CN2CC3CC2CN3c2nccn3cnnc23)c1. The quantitative estimate of drug-likeness (QED) is 0.705. The number of hydrogen-bond acceptors (Lipinski definition) is 5. The molecule has 0 spiro atoms. The maximum Gasteiger partial charge on any atom is 0.416 e. The van der Waals surface area contributed by atoms with Crippen LogP contribution in [0, 0.1) is 0 Å². The van der Waals surface area contributed by atoms with Gasteiger partial charge in [-0.2, -0.15) is 13.2 Å². The van der Waals surface area contributed by atoms with Crippen molar-refractivity contribution >= 4 is 11.5 Å². The Morgan fingerprint density at radius 3 is 2.81 bits per heavy atom. The first-order valence-electron chi connectivity index (χ1n) is 8.80. The Bertz CT molecular complexity index is 984. The predicted octanol–water partition coefficient (Wildman–Crippen LogP) is 2.61. The lowest BCUT2D eigenvalue weighted by Gasteiger charge is -2.34. The molecule has 5 rings (SSSR count). The van der Waals surface area contributed by atoms with Crippen molar-refractivity contribution in [3.8, 4) is 0 Å². The Balaban J connectivity index is 1.33. The van der Waals surface area contributed by atoms with Gasteiger partial charge in [0.2, 0.25) is 5.65 Å². The molecule has 6 nitrogen and oxygen atoms in total. The standard InChI is InChI=1S/C18H17F3N6/c19-18(20,21)13-3-1-2-12(6-13)8-26-9-15-7-14(26)10-27(15)16-17-24-23-11-25(17)5-4-22-16/h1-6,11,14-15H,7-10H2. The molecular formula is C18H17F3N6. The molecule has 0 saturated carbocycles. The van der Waals surface area contributed by atoms with E-state index in [-0.39, 0.29) is 6.04 Å². The fourth-order valence-corrected chi connectivity index (χ4v) is 4.23. The van der Waals surface area contributed by atoms with Crippen LogP contribution in [0.1, 0.15) is 17.5 Å². The highest BCUT2D eigenvalue weighted by Crippen LogP contribution is 2.36. The summed E-state index contributed by atoms with van der Waals surface area (Å²) in [6.07, 6.45) is 1.87. The number of benzene rings is 1. The van der Waals surface area contributed by atoms with Crippen LogP contribution in [0.15, 0.2) is 43.0 Å². The summed E-state index contributed by atoms with van der Waals surface area (Å²) in [6.45, 7) is 2.13. The number of aromatic nitrogens is 4. The molecule has 4 heterocycles. The summed E-state index contributed by atoms with van der Waals surface area (Å²) in [5, 5.41) is 8.09. The van der Waals surface area contributed by atoms with Gasteiger partial charge in [0.15, 0.2) is 5.82 Å². The fraction of sp³-hybridized carbons (Fsp3) is 0.389. The largest absolute Gasteiger partial charge is 0.416 e. The zero-order chi connectivity index (χ0) is 18.6. The summed E-state index contributed by atoms with van der Waals surface area (Å²) < 4.78 is 40.6. The predicted molar refractivity (Wildman–Crippen MR) is 92.2 cm³/mol. The van der Waals surface area contributed by atoms with Crippen molar-refractivity contribution < 1.29 is 13.2 Å². The Morgan fingerprint density at radius 2 is 2.04 bits per heavy atom. The first kappa shape index (κ1) is 16.5. The van der Waals surface area contributed by atoms with Crippen molar-refractivity contribution in [2.24, 2.45) is 0 Å². The number of fused-ring (bicyclic) bond motifs is 3. The first-order valence-corrected chi connectivity index (χ1v) is 8.80. The third-order valence-corrected chi connectivity index (χ3v) is 5.46. The van der Waals surface area contributed by atoms with Crippen molar-refractivity contribution in [3.63, 3.8) is 0 Å².